The fourth-order valence-electron chi connectivity index (χ4n) is 1.55. The van der Waals surface area contributed by atoms with Crippen LogP contribution in [0.15, 0.2) is 0 Å². The molecule has 94 valence electrons. The lowest BCUT2D eigenvalue weighted by atomic mass is 10.0. The quantitative estimate of drug-likeness (QED) is 0.716. The van der Waals surface area contributed by atoms with Crippen LogP contribution in [0.5, 0.6) is 0 Å². The minimum atomic E-state index is -3.02. The molecule has 0 radical (unpaired) electrons. The molecule has 1 saturated heterocycles. The number of sulfone groups is 1. The molecular weight excluding hydrogens is 230 g/mol. The molecule has 0 aromatic rings. The van der Waals surface area contributed by atoms with Gasteiger partial charge in [0.25, 0.3) is 0 Å². The van der Waals surface area contributed by atoms with Gasteiger partial charge in [0.15, 0.2) is 9.84 Å². The first-order chi connectivity index (χ1) is 7.26. The Morgan fingerprint density at radius 1 is 1.56 bits per heavy atom. The highest BCUT2D eigenvalue weighted by Gasteiger charge is 2.33. The molecule has 1 amide bonds. The average molecular weight is 249 g/mol. The Morgan fingerprint density at radius 3 is 2.62 bits per heavy atom. The van der Waals surface area contributed by atoms with Crippen molar-refractivity contribution in [2.24, 2.45) is 5.92 Å². The maximum absolute atomic E-state index is 11.6. The van der Waals surface area contributed by atoms with Crippen molar-refractivity contribution >= 4 is 15.7 Å². The molecule has 1 rings (SSSR count). The van der Waals surface area contributed by atoms with E-state index in [0.717, 1.165) is 0 Å². The molecule has 0 aromatic carbocycles. The summed E-state index contributed by atoms with van der Waals surface area (Å²) in [7, 11) is -3.02. The van der Waals surface area contributed by atoms with Crippen molar-refractivity contribution in [3.05, 3.63) is 0 Å². The third-order valence-electron chi connectivity index (χ3n) is 3.01. The molecule has 0 saturated carbocycles. The van der Waals surface area contributed by atoms with Gasteiger partial charge in [-0.05, 0) is 19.8 Å². The molecule has 0 aromatic heterocycles. The lowest BCUT2D eigenvalue weighted by Gasteiger charge is -2.22. The van der Waals surface area contributed by atoms with Crippen LogP contribution in [-0.2, 0) is 14.6 Å². The van der Waals surface area contributed by atoms with E-state index in [4.69, 9.17) is 0 Å². The molecule has 2 N–H and O–H groups in total. The van der Waals surface area contributed by atoms with E-state index in [0.29, 0.717) is 12.8 Å². The van der Waals surface area contributed by atoms with Gasteiger partial charge in [-0.2, -0.15) is 0 Å². The van der Waals surface area contributed by atoms with Gasteiger partial charge >= 0.3 is 0 Å². The van der Waals surface area contributed by atoms with E-state index >= 15 is 0 Å². The maximum Gasteiger partial charge on any atom is 0.224 e. The summed E-state index contributed by atoms with van der Waals surface area (Å²) in [4.78, 5) is 11.6. The van der Waals surface area contributed by atoms with Crippen molar-refractivity contribution in [1.29, 1.82) is 0 Å². The van der Waals surface area contributed by atoms with Crippen LogP contribution >= 0.6 is 0 Å². The highest BCUT2D eigenvalue weighted by atomic mass is 32.2. The number of carbonyl (C=O) groups is 1. The minimum Gasteiger partial charge on any atom is -0.388 e. The summed E-state index contributed by atoms with van der Waals surface area (Å²) in [5.74, 6) is -0.685. The van der Waals surface area contributed by atoms with Crippen molar-refractivity contribution in [3.8, 4) is 0 Å². The van der Waals surface area contributed by atoms with E-state index in [-0.39, 0.29) is 24.0 Å². The predicted molar refractivity (Wildman–Crippen MR) is 60.7 cm³/mol. The van der Waals surface area contributed by atoms with E-state index in [1.165, 1.54) is 0 Å². The van der Waals surface area contributed by atoms with Crippen LogP contribution in [0.3, 0.4) is 0 Å². The number of aliphatic hydroxyl groups is 1. The first-order valence-electron chi connectivity index (χ1n) is 5.46. The highest BCUT2D eigenvalue weighted by molar-refractivity contribution is 7.91. The van der Waals surface area contributed by atoms with Gasteiger partial charge in [0.1, 0.15) is 0 Å². The zero-order valence-corrected chi connectivity index (χ0v) is 10.5. The largest absolute Gasteiger partial charge is 0.388 e. The van der Waals surface area contributed by atoms with Gasteiger partial charge in [0, 0.05) is 6.54 Å². The van der Waals surface area contributed by atoms with Gasteiger partial charge in [-0.25, -0.2) is 8.42 Å². The summed E-state index contributed by atoms with van der Waals surface area (Å²) < 4.78 is 22.3. The SMILES string of the molecule is CCC(C)(O)CNC(=O)C1CCS(=O)(=O)C1. The third-order valence-corrected chi connectivity index (χ3v) is 4.78. The molecule has 0 spiro atoms. The lowest BCUT2D eigenvalue weighted by Crippen LogP contribution is -2.42. The van der Waals surface area contributed by atoms with Crippen molar-refractivity contribution in [3.63, 3.8) is 0 Å². The Bertz CT molecular complexity index is 361. The third kappa shape index (κ3) is 3.75. The van der Waals surface area contributed by atoms with E-state index in [1.54, 1.807) is 6.92 Å². The molecule has 0 bridgehead atoms. The lowest BCUT2D eigenvalue weighted by molar-refractivity contribution is -0.125. The number of nitrogens with one attached hydrogen (secondary N) is 1. The van der Waals surface area contributed by atoms with Gasteiger partial charge < -0.3 is 10.4 Å². The van der Waals surface area contributed by atoms with E-state index < -0.39 is 21.4 Å². The van der Waals surface area contributed by atoms with Crippen LogP contribution < -0.4 is 5.32 Å². The van der Waals surface area contributed by atoms with E-state index in [9.17, 15) is 18.3 Å². The number of rotatable bonds is 4. The normalized spacial score (nSPS) is 27.3. The highest BCUT2D eigenvalue weighted by Crippen LogP contribution is 2.18. The van der Waals surface area contributed by atoms with Crippen molar-refractivity contribution in [2.75, 3.05) is 18.1 Å². The summed E-state index contributed by atoms with van der Waals surface area (Å²) in [6.07, 6.45) is 0.929. The monoisotopic (exact) mass is 249 g/mol. The molecule has 2 unspecified atom stereocenters. The molecule has 0 aliphatic carbocycles. The summed E-state index contributed by atoms with van der Waals surface area (Å²) >= 11 is 0. The standard InChI is InChI=1S/C10H19NO4S/c1-3-10(2,13)7-11-9(12)8-4-5-16(14,15)6-8/h8,13H,3-7H2,1-2H3,(H,11,12). The van der Waals surface area contributed by atoms with E-state index in [2.05, 4.69) is 5.32 Å². The second-order valence-corrected chi connectivity index (χ2v) is 6.90. The van der Waals surface area contributed by atoms with Crippen LogP contribution in [-0.4, -0.2) is 43.1 Å². The molecule has 1 fully saturated rings. The van der Waals surface area contributed by atoms with E-state index in [1.807, 2.05) is 6.92 Å². The molecule has 16 heavy (non-hydrogen) atoms. The van der Waals surface area contributed by atoms with Gasteiger partial charge in [0.05, 0.1) is 23.0 Å². The summed E-state index contributed by atoms with van der Waals surface area (Å²) in [6.45, 7) is 3.63. The van der Waals surface area contributed by atoms with Gasteiger partial charge in [-0.15, -0.1) is 0 Å². The molecular formula is C10H19NO4S. The first kappa shape index (κ1) is 13.4. The molecule has 2 atom stereocenters. The van der Waals surface area contributed by atoms with Crippen LogP contribution in [0.4, 0.5) is 0 Å². The van der Waals surface area contributed by atoms with Crippen molar-refractivity contribution in [1.82, 2.24) is 5.32 Å². The predicted octanol–water partition coefficient (Wildman–Crippen LogP) is -0.302. The summed E-state index contributed by atoms with van der Waals surface area (Å²) in [5.41, 5.74) is -0.923. The summed E-state index contributed by atoms with van der Waals surface area (Å²) in [5, 5.41) is 12.3. The van der Waals surface area contributed by atoms with Crippen LogP contribution in [0, 0.1) is 5.92 Å². The van der Waals surface area contributed by atoms with Crippen LogP contribution in [0.2, 0.25) is 0 Å². The first-order valence-corrected chi connectivity index (χ1v) is 7.28. The summed E-state index contributed by atoms with van der Waals surface area (Å²) in [6, 6.07) is 0. The molecule has 6 heteroatoms. The smallest absolute Gasteiger partial charge is 0.224 e. The topological polar surface area (TPSA) is 83.5 Å². The number of carbonyl (C=O) groups excluding carboxylic acids is 1. The fraction of sp³-hybridized carbons (Fsp3) is 0.900. The van der Waals surface area contributed by atoms with Crippen molar-refractivity contribution < 1.29 is 18.3 Å². The van der Waals surface area contributed by atoms with Crippen LogP contribution in [0.25, 0.3) is 0 Å². The molecule has 5 nitrogen and oxygen atoms in total. The van der Waals surface area contributed by atoms with Gasteiger partial charge in [-0.1, -0.05) is 6.92 Å². The minimum absolute atomic E-state index is 0.0624. The average Bonchev–Trinajstić information content (AvgIpc) is 2.55. The Kier molecular flexibility index (Phi) is 3.96. The zero-order chi connectivity index (χ0) is 12.4. The zero-order valence-electron chi connectivity index (χ0n) is 9.69. The number of hydrogen-bond donors (Lipinski definition) is 2. The maximum atomic E-state index is 11.6. The van der Waals surface area contributed by atoms with Gasteiger partial charge in [-0.3, -0.25) is 4.79 Å². The van der Waals surface area contributed by atoms with Crippen molar-refractivity contribution in [2.45, 2.75) is 32.3 Å². The Balaban J connectivity index is 2.43. The molecule has 1 heterocycles. The Morgan fingerprint density at radius 2 is 2.19 bits per heavy atom. The number of hydrogen-bond acceptors (Lipinski definition) is 4. The second kappa shape index (κ2) is 4.71. The number of amides is 1. The Labute approximate surface area is 96.1 Å². The van der Waals surface area contributed by atoms with Crippen LogP contribution in [0.1, 0.15) is 26.7 Å². The molecule has 1 aliphatic rings. The van der Waals surface area contributed by atoms with Gasteiger partial charge in [0.2, 0.25) is 5.91 Å². The second-order valence-electron chi connectivity index (χ2n) is 4.67. The molecule has 1 aliphatic heterocycles. The fourth-order valence-corrected chi connectivity index (χ4v) is 3.29. The Hall–Kier alpha value is -0.620.